The Balaban J connectivity index is 1.67. The third-order valence-corrected chi connectivity index (χ3v) is 3.40. The minimum atomic E-state index is 0.319. The Morgan fingerprint density at radius 1 is 1.05 bits per heavy atom. The monoisotopic (exact) mass is 269 g/mol. The second-order valence-electron chi connectivity index (χ2n) is 4.93. The molecule has 0 aliphatic carbocycles. The average Bonchev–Trinajstić information content (AvgIpc) is 3.01. The van der Waals surface area contributed by atoms with Gasteiger partial charge in [0.25, 0.3) is 0 Å². The van der Waals surface area contributed by atoms with E-state index in [1.54, 1.807) is 0 Å². The summed E-state index contributed by atoms with van der Waals surface area (Å²) in [5, 5.41) is 3.43. The van der Waals surface area contributed by atoms with Crippen LogP contribution in [0.2, 0.25) is 0 Å². The first-order valence-corrected chi connectivity index (χ1v) is 7.09. The molecule has 104 valence electrons. The van der Waals surface area contributed by atoms with E-state index < -0.39 is 0 Å². The van der Waals surface area contributed by atoms with Crippen LogP contribution in [0.5, 0.6) is 11.5 Å². The smallest absolute Gasteiger partial charge is 0.150 e. The molecule has 1 fully saturated rings. The van der Waals surface area contributed by atoms with Crippen molar-refractivity contribution in [1.82, 2.24) is 0 Å². The van der Waals surface area contributed by atoms with Gasteiger partial charge in [-0.25, -0.2) is 0 Å². The lowest BCUT2D eigenvalue weighted by molar-refractivity contribution is 0.120. The molecule has 0 bridgehead atoms. The van der Waals surface area contributed by atoms with Crippen LogP contribution in [0.3, 0.4) is 0 Å². The van der Waals surface area contributed by atoms with Crippen molar-refractivity contribution in [2.24, 2.45) is 0 Å². The molecule has 2 aromatic carbocycles. The van der Waals surface area contributed by atoms with E-state index in [-0.39, 0.29) is 0 Å². The summed E-state index contributed by atoms with van der Waals surface area (Å²) in [4.78, 5) is 0. The van der Waals surface area contributed by atoms with Gasteiger partial charge in [-0.3, -0.25) is 0 Å². The number of benzene rings is 2. The molecule has 3 heteroatoms. The highest BCUT2D eigenvalue weighted by molar-refractivity contribution is 5.57. The Kier molecular flexibility index (Phi) is 4.19. The first-order valence-electron chi connectivity index (χ1n) is 7.09. The maximum atomic E-state index is 5.92. The SMILES string of the molecule is c1ccc(Oc2ccccc2NCC2CCCO2)cc1. The van der Waals surface area contributed by atoms with Gasteiger partial charge in [0.1, 0.15) is 5.75 Å². The fourth-order valence-corrected chi connectivity index (χ4v) is 2.35. The number of hydrogen-bond acceptors (Lipinski definition) is 3. The fraction of sp³-hybridized carbons (Fsp3) is 0.294. The van der Waals surface area contributed by atoms with Crippen molar-refractivity contribution < 1.29 is 9.47 Å². The number of rotatable bonds is 5. The summed E-state index contributed by atoms with van der Waals surface area (Å²) in [7, 11) is 0. The van der Waals surface area contributed by atoms with Crippen LogP contribution in [0.15, 0.2) is 54.6 Å². The van der Waals surface area contributed by atoms with Crippen LogP contribution in [0.25, 0.3) is 0 Å². The van der Waals surface area contributed by atoms with Gasteiger partial charge in [-0.2, -0.15) is 0 Å². The quantitative estimate of drug-likeness (QED) is 0.887. The van der Waals surface area contributed by atoms with E-state index in [1.165, 1.54) is 0 Å². The Bertz CT molecular complexity index is 536. The van der Waals surface area contributed by atoms with Crippen LogP contribution in [0, 0.1) is 0 Å². The molecule has 2 aromatic rings. The lowest BCUT2D eigenvalue weighted by Gasteiger charge is -2.15. The maximum Gasteiger partial charge on any atom is 0.150 e. The normalized spacial score (nSPS) is 17.9. The van der Waals surface area contributed by atoms with E-state index in [0.29, 0.717) is 6.10 Å². The van der Waals surface area contributed by atoms with E-state index in [4.69, 9.17) is 9.47 Å². The van der Waals surface area contributed by atoms with E-state index in [1.807, 2.05) is 54.6 Å². The molecule has 3 rings (SSSR count). The van der Waals surface area contributed by atoms with Crippen LogP contribution in [0.1, 0.15) is 12.8 Å². The summed E-state index contributed by atoms with van der Waals surface area (Å²) >= 11 is 0. The maximum absolute atomic E-state index is 5.92. The standard InChI is InChI=1S/C17H19NO2/c1-2-7-14(8-3-1)20-17-11-5-4-10-16(17)18-13-15-9-6-12-19-15/h1-5,7-8,10-11,15,18H,6,9,12-13H2. The zero-order valence-electron chi connectivity index (χ0n) is 11.4. The molecule has 3 nitrogen and oxygen atoms in total. The molecule has 1 aliphatic heterocycles. The summed E-state index contributed by atoms with van der Waals surface area (Å²) in [6.07, 6.45) is 2.61. The van der Waals surface area contributed by atoms with E-state index in [9.17, 15) is 0 Å². The molecule has 1 saturated heterocycles. The molecule has 20 heavy (non-hydrogen) atoms. The second-order valence-corrected chi connectivity index (χ2v) is 4.93. The van der Waals surface area contributed by atoms with Gasteiger partial charge in [-0.1, -0.05) is 30.3 Å². The van der Waals surface area contributed by atoms with Gasteiger partial charge in [0, 0.05) is 13.2 Å². The third-order valence-electron chi connectivity index (χ3n) is 3.40. The van der Waals surface area contributed by atoms with Crippen molar-refractivity contribution >= 4 is 5.69 Å². The van der Waals surface area contributed by atoms with Crippen LogP contribution in [-0.4, -0.2) is 19.3 Å². The highest BCUT2D eigenvalue weighted by Crippen LogP contribution is 2.29. The lowest BCUT2D eigenvalue weighted by Crippen LogP contribution is -2.18. The number of para-hydroxylation sites is 3. The highest BCUT2D eigenvalue weighted by atomic mass is 16.5. The fourth-order valence-electron chi connectivity index (χ4n) is 2.35. The topological polar surface area (TPSA) is 30.5 Å². The van der Waals surface area contributed by atoms with Crippen molar-refractivity contribution in [1.29, 1.82) is 0 Å². The van der Waals surface area contributed by atoms with Gasteiger partial charge in [-0.05, 0) is 37.1 Å². The molecule has 0 radical (unpaired) electrons. The number of nitrogens with one attached hydrogen (secondary N) is 1. The van der Waals surface area contributed by atoms with Crippen LogP contribution in [-0.2, 0) is 4.74 Å². The van der Waals surface area contributed by atoms with Gasteiger partial charge in [0.15, 0.2) is 5.75 Å². The Labute approximate surface area is 119 Å². The number of ether oxygens (including phenoxy) is 2. The summed E-state index contributed by atoms with van der Waals surface area (Å²) in [6.45, 7) is 1.71. The highest BCUT2D eigenvalue weighted by Gasteiger charge is 2.15. The first-order chi connectivity index (χ1) is 9.92. The molecule has 1 heterocycles. The van der Waals surface area contributed by atoms with E-state index in [0.717, 1.165) is 43.2 Å². The zero-order valence-corrected chi connectivity index (χ0v) is 11.4. The molecule has 0 aromatic heterocycles. The molecular weight excluding hydrogens is 250 g/mol. The molecule has 0 amide bonds. The number of anilines is 1. The van der Waals surface area contributed by atoms with Gasteiger partial charge in [0.2, 0.25) is 0 Å². The summed E-state index contributed by atoms with van der Waals surface area (Å²) in [5.41, 5.74) is 1.01. The van der Waals surface area contributed by atoms with E-state index >= 15 is 0 Å². The molecular formula is C17H19NO2. The molecule has 0 saturated carbocycles. The zero-order chi connectivity index (χ0) is 13.6. The predicted molar refractivity (Wildman–Crippen MR) is 80.4 cm³/mol. The average molecular weight is 269 g/mol. The van der Waals surface area contributed by atoms with Crippen molar-refractivity contribution in [3.63, 3.8) is 0 Å². The van der Waals surface area contributed by atoms with Crippen molar-refractivity contribution in [2.45, 2.75) is 18.9 Å². The van der Waals surface area contributed by atoms with Gasteiger partial charge in [0.05, 0.1) is 11.8 Å². The van der Waals surface area contributed by atoms with Gasteiger partial charge < -0.3 is 14.8 Å². The Hall–Kier alpha value is -2.00. The largest absolute Gasteiger partial charge is 0.455 e. The third kappa shape index (κ3) is 3.31. The Morgan fingerprint density at radius 2 is 1.85 bits per heavy atom. The second kappa shape index (κ2) is 6.44. The lowest BCUT2D eigenvalue weighted by atomic mass is 10.2. The van der Waals surface area contributed by atoms with Gasteiger partial charge in [-0.15, -0.1) is 0 Å². The van der Waals surface area contributed by atoms with Crippen LogP contribution in [0.4, 0.5) is 5.69 Å². The minimum Gasteiger partial charge on any atom is -0.455 e. The summed E-state index contributed by atoms with van der Waals surface area (Å²) in [6, 6.07) is 17.8. The van der Waals surface area contributed by atoms with Crippen LogP contribution < -0.4 is 10.1 Å². The number of hydrogen-bond donors (Lipinski definition) is 1. The summed E-state index contributed by atoms with van der Waals surface area (Å²) in [5.74, 6) is 1.69. The first kappa shape index (κ1) is 13.0. The van der Waals surface area contributed by atoms with E-state index in [2.05, 4.69) is 5.32 Å². The molecule has 0 spiro atoms. The van der Waals surface area contributed by atoms with Gasteiger partial charge >= 0.3 is 0 Å². The molecule has 1 aliphatic rings. The van der Waals surface area contributed by atoms with Crippen molar-refractivity contribution in [3.05, 3.63) is 54.6 Å². The Morgan fingerprint density at radius 3 is 2.65 bits per heavy atom. The minimum absolute atomic E-state index is 0.319. The molecule has 1 unspecified atom stereocenters. The van der Waals surface area contributed by atoms with Crippen LogP contribution >= 0.6 is 0 Å². The van der Waals surface area contributed by atoms with Crippen molar-refractivity contribution in [2.75, 3.05) is 18.5 Å². The summed E-state index contributed by atoms with van der Waals surface area (Å²) < 4.78 is 11.6. The molecule has 1 N–H and O–H groups in total. The predicted octanol–water partition coefficient (Wildman–Crippen LogP) is 4.07. The molecule has 1 atom stereocenters. The van der Waals surface area contributed by atoms with Crippen molar-refractivity contribution in [3.8, 4) is 11.5 Å².